The lowest BCUT2D eigenvalue weighted by Crippen LogP contribution is -2.16. The molecule has 0 saturated carbocycles. The highest BCUT2D eigenvalue weighted by atomic mass is 35.5. The number of nitrogens with zero attached hydrogens (tertiary/aromatic N) is 1. The second-order valence-corrected chi connectivity index (χ2v) is 1.89. The molecule has 0 unspecified atom stereocenters. The van der Waals surface area contributed by atoms with Gasteiger partial charge in [0.1, 0.15) is 5.17 Å². The number of rotatable bonds is 2. The smallest absolute Gasteiger partial charge is 0.323 e. The van der Waals surface area contributed by atoms with Crippen LogP contribution in [0.25, 0.3) is 0 Å². The maximum atomic E-state index is 10.3. The number of hydrogen-bond donors (Lipinski definition) is 1. The van der Waals surface area contributed by atoms with Gasteiger partial charge in [-0.3, -0.25) is 4.84 Å². The van der Waals surface area contributed by atoms with Gasteiger partial charge in [0, 0.05) is 13.5 Å². The monoisotopic (exact) mass is 164 g/mol. The van der Waals surface area contributed by atoms with Gasteiger partial charge in [-0.2, -0.15) is 0 Å². The molecule has 0 bridgehead atoms. The van der Waals surface area contributed by atoms with Crippen molar-refractivity contribution in [2.75, 3.05) is 7.05 Å². The average Bonchev–Trinajstić information content (AvgIpc) is 1.99. The molecule has 0 fully saturated rings. The molecular weight excluding hydrogens is 156 g/mol. The minimum absolute atomic E-state index is 0.267. The molecule has 0 aliphatic carbocycles. The Hall–Kier alpha value is -0.770. The molecule has 0 aromatic rings. The average molecular weight is 165 g/mol. The summed E-state index contributed by atoms with van der Waals surface area (Å²) in [7, 11) is 1.44. The zero-order chi connectivity index (χ0) is 7.98. The van der Waals surface area contributed by atoms with Crippen LogP contribution in [0.5, 0.6) is 0 Å². The Morgan fingerprint density at radius 3 is 2.80 bits per heavy atom. The highest BCUT2D eigenvalue weighted by Gasteiger charge is 1.95. The van der Waals surface area contributed by atoms with Crippen molar-refractivity contribution in [2.24, 2.45) is 5.16 Å². The lowest BCUT2D eigenvalue weighted by Gasteiger charge is -1.94. The van der Waals surface area contributed by atoms with E-state index in [1.165, 1.54) is 7.05 Å². The SMILES string of the molecule is CC/C(Cl)=N/OC(=O)NC. The molecule has 0 spiro atoms. The van der Waals surface area contributed by atoms with Crippen LogP contribution in [0.1, 0.15) is 13.3 Å². The molecule has 0 aromatic carbocycles. The van der Waals surface area contributed by atoms with Gasteiger partial charge in [0.25, 0.3) is 0 Å². The van der Waals surface area contributed by atoms with Crippen molar-refractivity contribution in [3.8, 4) is 0 Å². The minimum Gasteiger partial charge on any atom is -0.323 e. The number of carbonyl (C=O) groups excluding carboxylic acids is 1. The van der Waals surface area contributed by atoms with E-state index < -0.39 is 6.09 Å². The van der Waals surface area contributed by atoms with Crippen molar-refractivity contribution < 1.29 is 9.63 Å². The Kier molecular flexibility index (Phi) is 4.66. The van der Waals surface area contributed by atoms with Crippen LogP contribution >= 0.6 is 11.6 Å². The minimum atomic E-state index is -0.619. The van der Waals surface area contributed by atoms with E-state index in [0.717, 1.165) is 0 Å². The molecule has 0 saturated heterocycles. The molecule has 0 radical (unpaired) electrons. The lowest BCUT2D eigenvalue weighted by molar-refractivity contribution is 0.153. The van der Waals surface area contributed by atoms with E-state index in [1.54, 1.807) is 6.92 Å². The first-order valence-electron chi connectivity index (χ1n) is 2.81. The van der Waals surface area contributed by atoms with E-state index in [2.05, 4.69) is 15.3 Å². The van der Waals surface area contributed by atoms with Gasteiger partial charge in [-0.05, 0) is 0 Å². The number of carbonyl (C=O) groups is 1. The number of halogens is 1. The second kappa shape index (κ2) is 5.05. The summed E-state index contributed by atoms with van der Waals surface area (Å²) < 4.78 is 0. The van der Waals surface area contributed by atoms with Gasteiger partial charge in [-0.1, -0.05) is 23.7 Å². The number of oxime groups is 1. The van der Waals surface area contributed by atoms with Gasteiger partial charge in [0.15, 0.2) is 0 Å². The van der Waals surface area contributed by atoms with Crippen molar-refractivity contribution in [2.45, 2.75) is 13.3 Å². The predicted molar refractivity (Wildman–Crippen MR) is 39.1 cm³/mol. The summed E-state index contributed by atoms with van der Waals surface area (Å²) in [4.78, 5) is 14.6. The molecule has 0 aromatic heterocycles. The first kappa shape index (κ1) is 9.23. The predicted octanol–water partition coefficient (Wildman–Crippen LogP) is 1.30. The summed E-state index contributed by atoms with van der Waals surface area (Å²) in [5, 5.41) is 5.77. The molecule has 5 heteroatoms. The highest BCUT2D eigenvalue weighted by Crippen LogP contribution is 1.92. The third-order valence-electron chi connectivity index (χ3n) is 0.723. The van der Waals surface area contributed by atoms with Gasteiger partial charge < -0.3 is 5.32 Å². The molecule has 58 valence electrons. The largest absolute Gasteiger partial charge is 0.433 e. The number of nitrogens with one attached hydrogen (secondary N) is 1. The van der Waals surface area contributed by atoms with Crippen molar-refractivity contribution in [1.82, 2.24) is 5.32 Å². The van der Waals surface area contributed by atoms with Crippen LogP contribution in [0.2, 0.25) is 0 Å². The summed E-state index contributed by atoms with van der Waals surface area (Å²) in [6.07, 6.45) is -0.0648. The van der Waals surface area contributed by atoms with E-state index in [1.807, 2.05) is 0 Å². The molecule has 0 aliphatic rings. The fraction of sp³-hybridized carbons (Fsp3) is 0.600. The van der Waals surface area contributed by atoms with Crippen LogP contribution < -0.4 is 5.32 Å². The quantitative estimate of drug-likeness (QED) is 0.380. The van der Waals surface area contributed by atoms with Crippen LogP contribution in [-0.4, -0.2) is 18.3 Å². The van der Waals surface area contributed by atoms with Gasteiger partial charge >= 0.3 is 6.09 Å². The van der Waals surface area contributed by atoms with Crippen molar-refractivity contribution in [3.05, 3.63) is 0 Å². The summed E-state index contributed by atoms with van der Waals surface area (Å²) in [6, 6.07) is 0. The van der Waals surface area contributed by atoms with E-state index in [4.69, 9.17) is 11.6 Å². The fourth-order valence-electron chi connectivity index (χ4n) is 0.201. The topological polar surface area (TPSA) is 50.7 Å². The normalized spacial score (nSPS) is 10.9. The van der Waals surface area contributed by atoms with E-state index in [9.17, 15) is 4.79 Å². The fourth-order valence-corrected chi connectivity index (χ4v) is 0.236. The van der Waals surface area contributed by atoms with Crippen LogP contribution in [0.3, 0.4) is 0 Å². The van der Waals surface area contributed by atoms with Gasteiger partial charge in [0.05, 0.1) is 0 Å². The van der Waals surface area contributed by atoms with E-state index in [-0.39, 0.29) is 5.17 Å². The Morgan fingerprint density at radius 1 is 1.80 bits per heavy atom. The number of amides is 1. The highest BCUT2D eigenvalue weighted by molar-refractivity contribution is 6.65. The van der Waals surface area contributed by atoms with Gasteiger partial charge in [0.2, 0.25) is 0 Å². The third kappa shape index (κ3) is 4.14. The van der Waals surface area contributed by atoms with Crippen LogP contribution in [0.4, 0.5) is 4.79 Å². The molecule has 0 rings (SSSR count). The van der Waals surface area contributed by atoms with Crippen LogP contribution in [0, 0.1) is 0 Å². The second-order valence-electron chi connectivity index (χ2n) is 1.45. The summed E-state index contributed by atoms with van der Waals surface area (Å²) in [6.45, 7) is 1.80. The molecule has 1 N–H and O–H groups in total. The Bertz CT molecular complexity index is 147. The van der Waals surface area contributed by atoms with E-state index >= 15 is 0 Å². The first-order valence-corrected chi connectivity index (χ1v) is 3.19. The molecular formula is C5H9ClN2O2. The first-order chi connectivity index (χ1) is 4.70. The molecule has 0 atom stereocenters. The van der Waals surface area contributed by atoms with Crippen molar-refractivity contribution >= 4 is 22.9 Å². The summed E-state index contributed by atoms with van der Waals surface area (Å²) >= 11 is 5.41. The van der Waals surface area contributed by atoms with Crippen molar-refractivity contribution in [3.63, 3.8) is 0 Å². The summed E-state index contributed by atoms with van der Waals surface area (Å²) in [5.41, 5.74) is 0. The molecule has 10 heavy (non-hydrogen) atoms. The summed E-state index contributed by atoms with van der Waals surface area (Å²) in [5.74, 6) is 0. The lowest BCUT2D eigenvalue weighted by atomic mass is 10.5. The standard InChI is InChI=1S/C5H9ClN2O2/c1-3-4(6)8-10-5(9)7-2/h3H2,1-2H3,(H,7,9)/b8-4-. The van der Waals surface area contributed by atoms with Gasteiger partial charge in [-0.15, -0.1) is 0 Å². The van der Waals surface area contributed by atoms with Crippen LogP contribution in [0.15, 0.2) is 5.16 Å². The Morgan fingerprint density at radius 2 is 2.40 bits per heavy atom. The zero-order valence-corrected chi connectivity index (χ0v) is 6.60. The molecule has 1 amide bonds. The zero-order valence-electron chi connectivity index (χ0n) is 5.85. The van der Waals surface area contributed by atoms with Gasteiger partial charge in [-0.25, -0.2) is 4.79 Å². The Labute approximate surface area is 64.2 Å². The molecule has 0 aliphatic heterocycles. The third-order valence-corrected chi connectivity index (χ3v) is 1.06. The van der Waals surface area contributed by atoms with Crippen molar-refractivity contribution in [1.29, 1.82) is 0 Å². The maximum absolute atomic E-state index is 10.3. The molecule has 0 heterocycles. The Balaban J connectivity index is 3.61. The van der Waals surface area contributed by atoms with Crippen LogP contribution in [-0.2, 0) is 4.84 Å². The number of hydrogen-bond acceptors (Lipinski definition) is 3. The van der Waals surface area contributed by atoms with E-state index in [0.29, 0.717) is 6.42 Å². The molecule has 4 nitrogen and oxygen atoms in total. The maximum Gasteiger partial charge on any atom is 0.433 e.